The molecule has 0 spiro atoms. The SMILES string of the molecule is O=C1NCCN(C(=O)c2c[nH]c(=O)c3ccccc23)[C@H]1c1ccc(F)cc1. The Morgan fingerprint density at radius 2 is 1.74 bits per heavy atom. The van der Waals surface area contributed by atoms with Crippen LogP contribution in [0, 0.1) is 5.82 Å². The number of pyridine rings is 1. The molecule has 2 amide bonds. The third-order valence-corrected chi connectivity index (χ3v) is 4.70. The van der Waals surface area contributed by atoms with Crippen LogP contribution in [0.15, 0.2) is 59.5 Å². The minimum absolute atomic E-state index is 0.284. The molecule has 4 rings (SSSR count). The number of carbonyl (C=O) groups is 2. The van der Waals surface area contributed by atoms with Crippen LogP contribution < -0.4 is 10.9 Å². The molecule has 1 saturated heterocycles. The number of nitrogens with one attached hydrogen (secondary N) is 2. The maximum Gasteiger partial charge on any atom is 0.256 e. The van der Waals surface area contributed by atoms with Crippen LogP contribution in [0.5, 0.6) is 0 Å². The van der Waals surface area contributed by atoms with E-state index in [2.05, 4.69) is 10.3 Å². The molecule has 27 heavy (non-hydrogen) atoms. The smallest absolute Gasteiger partial charge is 0.256 e. The van der Waals surface area contributed by atoms with E-state index in [0.29, 0.717) is 35.0 Å². The first kappa shape index (κ1) is 17.0. The Morgan fingerprint density at radius 3 is 2.48 bits per heavy atom. The first-order chi connectivity index (χ1) is 13.1. The minimum atomic E-state index is -0.863. The maximum atomic E-state index is 13.3. The summed E-state index contributed by atoms with van der Waals surface area (Å²) in [7, 11) is 0. The molecule has 136 valence electrons. The zero-order valence-corrected chi connectivity index (χ0v) is 14.2. The van der Waals surface area contributed by atoms with E-state index in [9.17, 15) is 18.8 Å². The summed E-state index contributed by atoms with van der Waals surface area (Å²) in [5.74, 6) is -1.11. The molecule has 2 heterocycles. The van der Waals surface area contributed by atoms with Crippen LogP contribution in [0.3, 0.4) is 0 Å². The second-order valence-electron chi connectivity index (χ2n) is 6.32. The number of halogens is 1. The normalized spacial score (nSPS) is 17.0. The molecule has 1 aromatic heterocycles. The number of nitrogens with zero attached hydrogens (tertiary/aromatic N) is 1. The largest absolute Gasteiger partial charge is 0.352 e. The molecule has 1 fully saturated rings. The number of carbonyl (C=O) groups excluding carboxylic acids is 2. The lowest BCUT2D eigenvalue weighted by molar-refractivity contribution is -0.128. The number of rotatable bonds is 2. The first-order valence-electron chi connectivity index (χ1n) is 8.51. The van der Waals surface area contributed by atoms with Gasteiger partial charge < -0.3 is 15.2 Å². The van der Waals surface area contributed by atoms with Crippen molar-refractivity contribution in [3.05, 3.63) is 82.0 Å². The molecule has 0 unspecified atom stereocenters. The van der Waals surface area contributed by atoms with Crippen molar-refractivity contribution in [1.29, 1.82) is 0 Å². The van der Waals surface area contributed by atoms with Gasteiger partial charge in [0.2, 0.25) is 5.91 Å². The van der Waals surface area contributed by atoms with Gasteiger partial charge in [0.1, 0.15) is 11.9 Å². The summed E-state index contributed by atoms with van der Waals surface area (Å²) < 4.78 is 13.3. The minimum Gasteiger partial charge on any atom is -0.352 e. The Hall–Kier alpha value is -3.48. The summed E-state index contributed by atoms with van der Waals surface area (Å²) in [6, 6.07) is 11.5. The summed E-state index contributed by atoms with van der Waals surface area (Å²) in [5, 5.41) is 3.67. The number of piperazine rings is 1. The molecule has 7 heteroatoms. The van der Waals surface area contributed by atoms with Crippen molar-refractivity contribution in [2.75, 3.05) is 13.1 Å². The van der Waals surface area contributed by atoms with Crippen molar-refractivity contribution >= 4 is 22.6 Å². The van der Waals surface area contributed by atoms with Gasteiger partial charge in [0.05, 0.1) is 5.56 Å². The molecular formula is C20H16FN3O3. The average molecular weight is 365 g/mol. The second-order valence-corrected chi connectivity index (χ2v) is 6.32. The summed E-state index contributed by atoms with van der Waals surface area (Å²) in [4.78, 5) is 41.8. The number of benzene rings is 2. The quantitative estimate of drug-likeness (QED) is 0.729. The third-order valence-electron chi connectivity index (χ3n) is 4.70. The highest BCUT2D eigenvalue weighted by atomic mass is 19.1. The van der Waals surface area contributed by atoms with E-state index in [1.54, 1.807) is 24.3 Å². The number of H-pyrrole nitrogens is 1. The lowest BCUT2D eigenvalue weighted by Crippen LogP contribution is -2.52. The van der Waals surface area contributed by atoms with Crippen molar-refractivity contribution in [2.24, 2.45) is 0 Å². The highest BCUT2D eigenvalue weighted by Gasteiger charge is 2.35. The molecule has 1 aliphatic heterocycles. The van der Waals surface area contributed by atoms with E-state index in [4.69, 9.17) is 0 Å². The fraction of sp³-hybridized carbons (Fsp3) is 0.150. The number of hydrogen-bond donors (Lipinski definition) is 2. The van der Waals surface area contributed by atoms with E-state index in [0.717, 1.165) is 0 Å². The van der Waals surface area contributed by atoms with Crippen LogP contribution in [0.1, 0.15) is 22.0 Å². The van der Waals surface area contributed by atoms with Gasteiger partial charge in [0.15, 0.2) is 0 Å². The molecule has 2 N–H and O–H groups in total. The van der Waals surface area contributed by atoms with Crippen LogP contribution in [-0.2, 0) is 4.79 Å². The van der Waals surface area contributed by atoms with E-state index < -0.39 is 11.9 Å². The zero-order chi connectivity index (χ0) is 19.0. The fourth-order valence-electron chi connectivity index (χ4n) is 3.40. The van der Waals surface area contributed by atoms with Gasteiger partial charge in [-0.1, -0.05) is 30.3 Å². The number of fused-ring (bicyclic) bond motifs is 1. The van der Waals surface area contributed by atoms with E-state index >= 15 is 0 Å². The molecule has 1 aliphatic rings. The van der Waals surface area contributed by atoms with Crippen LogP contribution >= 0.6 is 0 Å². The van der Waals surface area contributed by atoms with Gasteiger partial charge >= 0.3 is 0 Å². The Labute approximate surface area is 153 Å². The maximum absolute atomic E-state index is 13.3. The molecular weight excluding hydrogens is 349 g/mol. The summed E-state index contributed by atoms with van der Waals surface area (Å²) >= 11 is 0. The Kier molecular flexibility index (Phi) is 4.19. The van der Waals surface area contributed by atoms with Crippen molar-refractivity contribution in [1.82, 2.24) is 15.2 Å². The predicted molar refractivity (Wildman–Crippen MR) is 97.8 cm³/mol. The van der Waals surface area contributed by atoms with Gasteiger partial charge in [0.25, 0.3) is 11.5 Å². The zero-order valence-electron chi connectivity index (χ0n) is 14.2. The van der Waals surface area contributed by atoms with Crippen LogP contribution in [0.2, 0.25) is 0 Å². The van der Waals surface area contributed by atoms with Crippen LogP contribution in [-0.4, -0.2) is 34.8 Å². The molecule has 0 radical (unpaired) electrons. The summed E-state index contributed by atoms with van der Waals surface area (Å²) in [5.41, 5.74) is 0.552. The highest BCUT2D eigenvalue weighted by Crippen LogP contribution is 2.27. The van der Waals surface area contributed by atoms with Crippen LogP contribution in [0.4, 0.5) is 4.39 Å². The Morgan fingerprint density at radius 1 is 1.04 bits per heavy atom. The van der Waals surface area contributed by atoms with Gasteiger partial charge in [-0.25, -0.2) is 4.39 Å². The lowest BCUT2D eigenvalue weighted by Gasteiger charge is -2.35. The van der Waals surface area contributed by atoms with Crippen molar-refractivity contribution in [3.8, 4) is 0 Å². The number of aromatic amines is 1. The number of amides is 2. The summed E-state index contributed by atoms with van der Waals surface area (Å²) in [6.45, 7) is 0.629. The van der Waals surface area contributed by atoms with E-state index in [1.165, 1.54) is 35.4 Å². The van der Waals surface area contributed by atoms with Crippen molar-refractivity contribution in [3.63, 3.8) is 0 Å². The number of aromatic nitrogens is 1. The molecule has 3 aromatic rings. The molecule has 6 nitrogen and oxygen atoms in total. The highest BCUT2D eigenvalue weighted by molar-refractivity contribution is 6.08. The van der Waals surface area contributed by atoms with Crippen molar-refractivity contribution < 1.29 is 14.0 Å². The lowest BCUT2D eigenvalue weighted by atomic mass is 10.00. The van der Waals surface area contributed by atoms with Gasteiger partial charge in [0, 0.05) is 30.1 Å². The third kappa shape index (κ3) is 2.97. The van der Waals surface area contributed by atoms with E-state index in [-0.39, 0.29) is 17.4 Å². The molecule has 1 atom stereocenters. The second kappa shape index (κ2) is 6.68. The van der Waals surface area contributed by atoms with Gasteiger partial charge in [-0.15, -0.1) is 0 Å². The van der Waals surface area contributed by atoms with E-state index in [1.807, 2.05) is 0 Å². The van der Waals surface area contributed by atoms with Crippen LogP contribution in [0.25, 0.3) is 10.8 Å². The molecule has 2 aromatic carbocycles. The first-order valence-corrected chi connectivity index (χ1v) is 8.51. The van der Waals surface area contributed by atoms with Gasteiger partial charge in [-0.05, 0) is 23.8 Å². The average Bonchev–Trinajstić information content (AvgIpc) is 2.69. The van der Waals surface area contributed by atoms with Crippen molar-refractivity contribution in [2.45, 2.75) is 6.04 Å². The Balaban J connectivity index is 1.80. The molecule has 0 bridgehead atoms. The summed E-state index contributed by atoms with van der Waals surface area (Å²) in [6.07, 6.45) is 1.38. The van der Waals surface area contributed by atoms with Gasteiger partial charge in [-0.2, -0.15) is 0 Å². The van der Waals surface area contributed by atoms with Gasteiger partial charge in [-0.3, -0.25) is 14.4 Å². The number of hydrogen-bond acceptors (Lipinski definition) is 3. The standard InChI is InChI=1S/C20H16FN3O3/c21-13-7-5-12(6-8-13)17-19(26)22-9-10-24(17)20(27)16-11-23-18(25)15-4-2-1-3-14(15)16/h1-8,11,17H,9-10H2,(H,22,26)(H,23,25)/t17-/m0/s1. The fourth-order valence-corrected chi connectivity index (χ4v) is 3.40. The molecule has 0 saturated carbocycles. The molecule has 0 aliphatic carbocycles. The Bertz CT molecular complexity index is 1090. The monoisotopic (exact) mass is 365 g/mol. The predicted octanol–water partition coefficient (Wildman–Crippen LogP) is 1.98. The topological polar surface area (TPSA) is 82.3 Å².